The third kappa shape index (κ3) is 1730. The topological polar surface area (TPSA) is 0 Å². The van der Waals surface area contributed by atoms with Crippen LogP contribution < -0.4 is 0 Å². The van der Waals surface area contributed by atoms with E-state index in [-0.39, 0.29) is 6.67 Å². The molecular weight excluding hydrogens is 554 g/mol. The van der Waals surface area contributed by atoms with Crippen molar-refractivity contribution in [2.24, 2.45) is 0 Å². The number of hydrogen-bond donors (Lipinski definition) is 0. The molecule has 0 N–H and O–H groups in total. The summed E-state index contributed by atoms with van der Waals surface area (Å²) in [4.78, 5) is 0. The lowest BCUT2D eigenvalue weighted by Crippen LogP contribution is -2.12. The van der Waals surface area contributed by atoms with E-state index in [0.717, 1.165) is 0 Å². The van der Waals surface area contributed by atoms with Gasteiger partial charge in [0, 0.05) is 0 Å². The summed E-state index contributed by atoms with van der Waals surface area (Å²) in [6.07, 6.45) is -16.5. The molecule has 0 aliphatic heterocycles. The second-order valence-corrected chi connectivity index (χ2v) is 11.3. The summed E-state index contributed by atoms with van der Waals surface area (Å²) >= 11 is 11.0. The minimum atomic E-state index is -5.50. The van der Waals surface area contributed by atoms with Gasteiger partial charge < -0.3 is 0 Å². The number of halogens is 19. The average Bonchev–Trinajstić information content (AvgIpc) is 2.48. The molecular formula is C11H21Cl2F17Si. The van der Waals surface area contributed by atoms with Gasteiger partial charge in [-0.3, -0.25) is 22.0 Å². The molecule has 31 heavy (non-hydrogen) atoms. The Hall–Kier alpha value is -0.393. The highest BCUT2D eigenvalue weighted by molar-refractivity contribution is 7.44. The average molecular weight is 575 g/mol. The van der Waals surface area contributed by atoms with E-state index in [9.17, 15) is 74.6 Å². The fourth-order valence-electron chi connectivity index (χ4n) is 0.166. The smallest absolute Gasteiger partial charge is 0.255 e. The molecule has 0 aliphatic rings. The lowest BCUT2D eigenvalue weighted by molar-refractivity contribution is -0.238. The summed E-state index contributed by atoms with van der Waals surface area (Å²) < 4.78 is 166. The normalized spacial score (nSPS) is 9.68. The highest BCUT2D eigenvalue weighted by Crippen LogP contribution is 2.18. The monoisotopic (exact) mass is 574 g/mol. The van der Waals surface area contributed by atoms with Crippen molar-refractivity contribution in [2.45, 2.75) is 38.8 Å². The Morgan fingerprint density at radius 2 is 0.645 bits per heavy atom. The van der Waals surface area contributed by atoms with Gasteiger partial charge in [-0.05, 0) is 19.5 Å². The van der Waals surface area contributed by atoms with Crippen LogP contribution >= 0.6 is 22.2 Å². The zero-order valence-corrected chi connectivity index (χ0v) is 18.8. The van der Waals surface area contributed by atoms with Crippen molar-refractivity contribution in [2.75, 3.05) is 34.9 Å². The van der Waals surface area contributed by atoms with Gasteiger partial charge in [0.25, 0.3) is 6.69 Å². The summed E-state index contributed by atoms with van der Waals surface area (Å²) in [6.45, 7) is 0.431. The van der Waals surface area contributed by atoms with Gasteiger partial charge in [0.05, 0.1) is 34.9 Å². The highest BCUT2D eigenvalue weighted by Gasteiger charge is 2.25. The third-order valence-corrected chi connectivity index (χ3v) is 2.73. The second-order valence-electron chi connectivity index (χ2n) is 3.06. The van der Waals surface area contributed by atoms with Gasteiger partial charge >= 0.3 is 19.3 Å². The molecule has 0 aromatic heterocycles. The summed E-state index contributed by atoms with van der Waals surface area (Å²) in [5.74, 6) is 0. The maximum Gasteiger partial charge on any atom is 0.559 e. The van der Waals surface area contributed by atoms with Crippen LogP contribution in [0.15, 0.2) is 0 Å². The number of hydrogen-bond acceptors (Lipinski definition) is 0. The SMILES string of the molecule is CCF.CF.CF.CF.C[Si](Cl)(Cl)CCF.FC(F)(F)F.FC(F)(F)F.FC(F)(F)F. The van der Waals surface area contributed by atoms with Crippen molar-refractivity contribution in [3.63, 3.8) is 0 Å². The molecule has 0 atom stereocenters. The van der Waals surface area contributed by atoms with Gasteiger partial charge in [-0.15, -0.1) is 74.8 Å². The molecule has 0 spiro atoms. The summed E-state index contributed by atoms with van der Waals surface area (Å²) in [5, 5.41) is 0. The summed E-state index contributed by atoms with van der Waals surface area (Å²) in [7, 11) is 1.50. The molecule has 0 unspecified atom stereocenters. The van der Waals surface area contributed by atoms with Crippen LogP contribution in [-0.2, 0) is 0 Å². The molecule has 0 heterocycles. The van der Waals surface area contributed by atoms with Crippen LogP contribution in [0.2, 0.25) is 12.6 Å². The number of alkyl halides is 17. The molecule has 0 rings (SSSR count). The van der Waals surface area contributed by atoms with E-state index in [4.69, 9.17) is 22.2 Å². The Kier molecular flexibility index (Phi) is 58.0. The van der Waals surface area contributed by atoms with Crippen LogP contribution in [0.3, 0.4) is 0 Å². The van der Waals surface area contributed by atoms with Gasteiger partial charge in [0.2, 0.25) is 0 Å². The highest BCUT2D eigenvalue weighted by atomic mass is 35.7. The molecule has 20 heteroatoms. The minimum absolute atomic E-state index is 0.250. The summed E-state index contributed by atoms with van der Waals surface area (Å²) in [5.41, 5.74) is 0. The van der Waals surface area contributed by atoms with Crippen molar-refractivity contribution in [3.05, 3.63) is 0 Å². The minimum Gasteiger partial charge on any atom is -0.255 e. The van der Waals surface area contributed by atoms with Gasteiger partial charge in [-0.1, -0.05) is 0 Å². The first-order valence-corrected chi connectivity index (χ1v) is 11.1. The third-order valence-electron chi connectivity index (χ3n) is 0.533. The van der Waals surface area contributed by atoms with Crippen LogP contribution in [0.5, 0.6) is 0 Å². The first kappa shape index (κ1) is 52.5. The van der Waals surface area contributed by atoms with E-state index < -0.39 is 32.7 Å². The standard InChI is InChI=1S/C3H7Cl2FSi.C2H5F.3CF4.3CH3F/c1-7(4,5)3-2-6;1-2-3;3*2-1(3,4)5;3*1-2/h2-3H2,1H3;2H2,1H3;;;;3*1H3. The van der Waals surface area contributed by atoms with Crippen LogP contribution in [0, 0.1) is 0 Å². The summed E-state index contributed by atoms with van der Waals surface area (Å²) in [6, 6.07) is 0.343. The van der Waals surface area contributed by atoms with Crippen molar-refractivity contribution in [1.82, 2.24) is 0 Å². The fraction of sp³-hybridized carbons (Fsp3) is 1.00. The van der Waals surface area contributed by atoms with E-state index in [1.807, 2.05) is 0 Å². The van der Waals surface area contributed by atoms with E-state index in [1.54, 1.807) is 6.55 Å². The molecule has 0 fully saturated rings. The van der Waals surface area contributed by atoms with E-state index >= 15 is 0 Å². The molecule has 0 aromatic carbocycles. The Balaban J connectivity index is -0.0000000340. The van der Waals surface area contributed by atoms with Crippen LogP contribution in [0.25, 0.3) is 0 Å². The molecule has 0 aromatic rings. The molecule has 0 bridgehead atoms. The quantitative estimate of drug-likeness (QED) is 0.175. The Morgan fingerprint density at radius 3 is 0.645 bits per heavy atom. The Morgan fingerprint density at radius 1 is 0.548 bits per heavy atom. The van der Waals surface area contributed by atoms with Crippen LogP contribution in [0.1, 0.15) is 6.92 Å². The van der Waals surface area contributed by atoms with Crippen molar-refractivity contribution in [3.8, 4) is 0 Å². The molecule has 0 amide bonds. The van der Waals surface area contributed by atoms with Gasteiger partial charge in [-0.25, -0.2) is 0 Å². The fourth-order valence-corrected chi connectivity index (χ4v) is 0.926. The molecule has 202 valence electrons. The van der Waals surface area contributed by atoms with Crippen molar-refractivity contribution < 1.29 is 74.6 Å². The van der Waals surface area contributed by atoms with Crippen LogP contribution in [0.4, 0.5) is 74.6 Å². The van der Waals surface area contributed by atoms with E-state index in [1.165, 1.54) is 6.92 Å². The second kappa shape index (κ2) is 34.2. The zero-order chi connectivity index (χ0) is 28.1. The molecule has 0 radical (unpaired) electrons. The Labute approximate surface area is 178 Å². The van der Waals surface area contributed by atoms with Gasteiger partial charge in [0.1, 0.15) is 0 Å². The zero-order valence-electron chi connectivity index (χ0n) is 16.3. The lowest BCUT2D eigenvalue weighted by atomic mass is 10.9. The van der Waals surface area contributed by atoms with E-state index in [0.29, 0.717) is 27.6 Å². The number of rotatable bonds is 2. The first-order chi connectivity index (χ1) is 13.5. The molecule has 0 saturated heterocycles. The van der Waals surface area contributed by atoms with E-state index in [2.05, 4.69) is 0 Å². The maximum atomic E-state index is 11.4. The maximum absolute atomic E-state index is 11.4. The van der Waals surface area contributed by atoms with Crippen molar-refractivity contribution in [1.29, 1.82) is 0 Å². The van der Waals surface area contributed by atoms with Crippen molar-refractivity contribution >= 4 is 28.9 Å². The van der Waals surface area contributed by atoms with Gasteiger partial charge in [0.15, 0.2) is 0 Å². The molecule has 0 nitrogen and oxygen atoms in total. The first-order valence-electron chi connectivity index (χ1n) is 6.37. The Bertz CT molecular complexity index is 216. The molecule has 0 aliphatic carbocycles. The molecule has 0 saturated carbocycles. The van der Waals surface area contributed by atoms with Gasteiger partial charge in [-0.2, -0.15) is 0 Å². The predicted octanol–water partition coefficient (Wildman–Crippen LogP) is 9.67. The predicted molar refractivity (Wildman–Crippen MR) is 88.3 cm³/mol. The lowest BCUT2D eigenvalue weighted by Gasteiger charge is -2.03. The van der Waals surface area contributed by atoms with Crippen LogP contribution in [-0.4, -0.2) is 60.9 Å². The largest absolute Gasteiger partial charge is 0.559 e.